The molecule has 70 valence electrons. The second-order valence-corrected chi connectivity index (χ2v) is 3.94. The van der Waals surface area contributed by atoms with Crippen molar-refractivity contribution in [2.24, 2.45) is 11.8 Å². The number of anilines is 1. The molecule has 0 aliphatic heterocycles. The van der Waals surface area contributed by atoms with Crippen molar-refractivity contribution in [3.05, 3.63) is 24.5 Å². The highest BCUT2D eigenvalue weighted by Crippen LogP contribution is 2.33. The van der Waals surface area contributed by atoms with E-state index in [1.54, 1.807) is 6.20 Å². The molecule has 2 rings (SSSR count). The molecule has 1 saturated carbocycles. The van der Waals surface area contributed by atoms with Crippen molar-refractivity contribution in [3.63, 3.8) is 0 Å². The maximum atomic E-state index is 4.06. The van der Waals surface area contributed by atoms with Crippen molar-refractivity contribution in [2.45, 2.75) is 19.8 Å². The van der Waals surface area contributed by atoms with Gasteiger partial charge >= 0.3 is 0 Å². The Morgan fingerprint density at radius 3 is 3.00 bits per heavy atom. The summed E-state index contributed by atoms with van der Waals surface area (Å²) in [5.74, 6) is 1.78. The lowest BCUT2D eigenvalue weighted by Crippen LogP contribution is -2.29. The number of hydrogen-bond acceptors (Lipinski definition) is 2. The molecule has 0 saturated heterocycles. The van der Waals surface area contributed by atoms with Crippen LogP contribution in [0.1, 0.15) is 19.8 Å². The van der Waals surface area contributed by atoms with E-state index in [2.05, 4.69) is 23.3 Å². The summed E-state index contributed by atoms with van der Waals surface area (Å²) in [5, 5.41) is 3.41. The molecular weight excluding hydrogens is 160 g/mol. The van der Waals surface area contributed by atoms with Crippen LogP contribution in [0.3, 0.4) is 0 Å². The Bertz CT molecular complexity index is 258. The highest BCUT2D eigenvalue weighted by atomic mass is 14.9. The molecule has 2 heteroatoms. The van der Waals surface area contributed by atoms with Crippen molar-refractivity contribution in [2.75, 3.05) is 11.9 Å². The van der Waals surface area contributed by atoms with Crippen LogP contribution in [-0.4, -0.2) is 11.5 Å². The maximum absolute atomic E-state index is 4.06. The molecule has 0 unspecified atom stereocenters. The molecule has 0 amide bonds. The van der Waals surface area contributed by atoms with E-state index in [0.717, 1.165) is 24.1 Å². The molecule has 2 atom stereocenters. The second kappa shape index (κ2) is 3.77. The Hall–Kier alpha value is -1.05. The minimum absolute atomic E-state index is 0.875. The normalized spacial score (nSPS) is 26.5. The second-order valence-electron chi connectivity index (χ2n) is 3.94. The first-order valence-electron chi connectivity index (χ1n) is 5.00. The van der Waals surface area contributed by atoms with Crippen LogP contribution in [-0.2, 0) is 0 Å². The molecule has 0 radical (unpaired) electrons. The topological polar surface area (TPSA) is 24.9 Å². The van der Waals surface area contributed by atoms with Gasteiger partial charge in [0.1, 0.15) is 0 Å². The average molecular weight is 176 g/mol. The fraction of sp³-hybridized carbons (Fsp3) is 0.545. The fourth-order valence-electron chi connectivity index (χ4n) is 1.76. The van der Waals surface area contributed by atoms with Gasteiger partial charge in [-0.1, -0.05) is 13.3 Å². The Kier molecular flexibility index (Phi) is 2.48. The van der Waals surface area contributed by atoms with E-state index < -0.39 is 0 Å². The van der Waals surface area contributed by atoms with E-state index in [4.69, 9.17) is 0 Å². The predicted octanol–water partition coefficient (Wildman–Crippen LogP) is 2.54. The molecule has 1 aromatic rings. The summed E-state index contributed by atoms with van der Waals surface area (Å²) in [4.78, 5) is 4.06. The van der Waals surface area contributed by atoms with E-state index in [-0.39, 0.29) is 0 Å². The average Bonchev–Trinajstić information content (AvgIpc) is 2.17. The molecule has 2 nitrogen and oxygen atoms in total. The van der Waals surface area contributed by atoms with Crippen molar-refractivity contribution >= 4 is 5.69 Å². The fourth-order valence-corrected chi connectivity index (χ4v) is 1.76. The summed E-state index contributed by atoms with van der Waals surface area (Å²) in [7, 11) is 0. The molecule has 0 spiro atoms. The van der Waals surface area contributed by atoms with Crippen LogP contribution in [0.25, 0.3) is 0 Å². The molecule has 1 N–H and O–H groups in total. The van der Waals surface area contributed by atoms with Gasteiger partial charge in [0.2, 0.25) is 0 Å². The lowest BCUT2D eigenvalue weighted by molar-refractivity contribution is 0.210. The summed E-state index contributed by atoms with van der Waals surface area (Å²) in [5.41, 5.74) is 1.14. The first-order chi connectivity index (χ1) is 6.36. The van der Waals surface area contributed by atoms with Crippen LogP contribution < -0.4 is 5.32 Å². The lowest BCUT2D eigenvalue weighted by atomic mass is 9.75. The largest absolute Gasteiger partial charge is 0.384 e. The maximum Gasteiger partial charge on any atom is 0.0526 e. The highest BCUT2D eigenvalue weighted by Gasteiger charge is 2.25. The summed E-state index contributed by atoms with van der Waals surface area (Å²) < 4.78 is 0. The first kappa shape index (κ1) is 8.54. The predicted molar refractivity (Wildman–Crippen MR) is 54.6 cm³/mol. The monoisotopic (exact) mass is 176 g/mol. The molecule has 1 aliphatic rings. The Morgan fingerprint density at radius 1 is 1.54 bits per heavy atom. The summed E-state index contributed by atoms with van der Waals surface area (Å²) in [6.45, 7) is 3.44. The third-order valence-corrected chi connectivity index (χ3v) is 3.03. The number of pyridine rings is 1. The Morgan fingerprint density at radius 2 is 2.46 bits per heavy atom. The number of nitrogens with zero attached hydrogens (tertiary/aromatic N) is 1. The van der Waals surface area contributed by atoms with Gasteiger partial charge in [0, 0.05) is 18.9 Å². The van der Waals surface area contributed by atoms with Crippen LogP contribution in [0.4, 0.5) is 5.69 Å². The van der Waals surface area contributed by atoms with Crippen molar-refractivity contribution < 1.29 is 0 Å². The zero-order valence-corrected chi connectivity index (χ0v) is 8.03. The highest BCUT2D eigenvalue weighted by molar-refractivity contribution is 5.39. The quantitative estimate of drug-likeness (QED) is 0.765. The number of hydrogen-bond donors (Lipinski definition) is 1. The SMILES string of the molecule is C[C@H]1CC[C@H]1CNc1cccnc1. The van der Waals surface area contributed by atoms with Crippen molar-refractivity contribution in [3.8, 4) is 0 Å². The van der Waals surface area contributed by atoms with Gasteiger partial charge in [-0.05, 0) is 30.4 Å². The Labute approximate surface area is 79.4 Å². The Balaban J connectivity index is 1.80. The van der Waals surface area contributed by atoms with E-state index in [0.29, 0.717) is 0 Å². The number of nitrogens with one attached hydrogen (secondary N) is 1. The van der Waals surface area contributed by atoms with Crippen LogP contribution in [0.5, 0.6) is 0 Å². The van der Waals surface area contributed by atoms with Crippen molar-refractivity contribution in [1.29, 1.82) is 0 Å². The molecule has 1 fully saturated rings. The zero-order valence-electron chi connectivity index (χ0n) is 8.03. The van der Waals surface area contributed by atoms with E-state index in [1.165, 1.54) is 12.8 Å². The van der Waals surface area contributed by atoms with Gasteiger partial charge in [0.25, 0.3) is 0 Å². The van der Waals surface area contributed by atoms with E-state index >= 15 is 0 Å². The summed E-state index contributed by atoms with van der Waals surface area (Å²) in [6.07, 6.45) is 6.47. The standard InChI is InChI=1S/C11H16N2/c1-9-4-5-10(9)7-13-11-3-2-6-12-8-11/h2-3,6,8-10,13H,4-5,7H2,1H3/t9-,10-/m0/s1. The van der Waals surface area contributed by atoms with Crippen LogP contribution in [0, 0.1) is 11.8 Å². The van der Waals surface area contributed by atoms with Gasteiger partial charge in [-0.15, -0.1) is 0 Å². The van der Waals surface area contributed by atoms with E-state index in [1.807, 2.05) is 12.3 Å². The summed E-state index contributed by atoms with van der Waals surface area (Å²) >= 11 is 0. The van der Waals surface area contributed by atoms with Gasteiger partial charge in [-0.2, -0.15) is 0 Å². The van der Waals surface area contributed by atoms with Crippen LogP contribution in [0.15, 0.2) is 24.5 Å². The van der Waals surface area contributed by atoms with Crippen LogP contribution in [0.2, 0.25) is 0 Å². The van der Waals surface area contributed by atoms with Gasteiger partial charge < -0.3 is 5.32 Å². The minimum Gasteiger partial charge on any atom is -0.384 e. The molecule has 1 aliphatic carbocycles. The molecule has 1 heterocycles. The molecule has 13 heavy (non-hydrogen) atoms. The summed E-state index contributed by atoms with van der Waals surface area (Å²) in [6, 6.07) is 4.03. The van der Waals surface area contributed by atoms with Crippen molar-refractivity contribution in [1.82, 2.24) is 4.98 Å². The van der Waals surface area contributed by atoms with Gasteiger partial charge in [-0.3, -0.25) is 4.98 Å². The van der Waals surface area contributed by atoms with Gasteiger partial charge in [0.15, 0.2) is 0 Å². The zero-order chi connectivity index (χ0) is 9.10. The molecule has 0 aromatic carbocycles. The molecular formula is C11H16N2. The third kappa shape index (κ3) is 2.00. The lowest BCUT2D eigenvalue weighted by Gasteiger charge is -2.34. The molecule has 0 bridgehead atoms. The van der Waals surface area contributed by atoms with Gasteiger partial charge in [0.05, 0.1) is 5.69 Å². The number of aromatic nitrogens is 1. The smallest absolute Gasteiger partial charge is 0.0526 e. The first-order valence-corrected chi connectivity index (χ1v) is 5.00. The number of rotatable bonds is 3. The minimum atomic E-state index is 0.875. The van der Waals surface area contributed by atoms with E-state index in [9.17, 15) is 0 Å². The third-order valence-electron chi connectivity index (χ3n) is 3.03. The van der Waals surface area contributed by atoms with Gasteiger partial charge in [-0.25, -0.2) is 0 Å². The molecule has 1 aromatic heterocycles. The van der Waals surface area contributed by atoms with Crippen LogP contribution >= 0.6 is 0 Å².